The summed E-state index contributed by atoms with van der Waals surface area (Å²) < 4.78 is 0. The molecule has 6 nitrogen and oxygen atoms in total. The number of aromatic nitrogens is 2. The molecule has 30 heavy (non-hydrogen) atoms. The van der Waals surface area contributed by atoms with Crippen molar-refractivity contribution in [1.82, 2.24) is 9.97 Å². The summed E-state index contributed by atoms with van der Waals surface area (Å²) in [4.78, 5) is 33.8. The molecule has 154 valence electrons. The first-order chi connectivity index (χ1) is 14.4. The highest BCUT2D eigenvalue weighted by Gasteiger charge is 2.18. The van der Waals surface area contributed by atoms with Crippen LogP contribution in [0, 0.1) is 0 Å². The second-order valence-corrected chi connectivity index (χ2v) is 8.25. The van der Waals surface area contributed by atoms with Gasteiger partial charge in [-0.05, 0) is 42.2 Å². The average Bonchev–Trinajstić information content (AvgIpc) is 3.22. The number of rotatable bonds is 7. The normalized spacial score (nSPS) is 11.7. The molecular weight excluding hydrogens is 396 g/mol. The van der Waals surface area contributed by atoms with Crippen LogP contribution in [0.4, 0.5) is 10.9 Å². The maximum Gasteiger partial charge on any atom is 0.248 e. The fourth-order valence-corrected chi connectivity index (χ4v) is 3.60. The minimum atomic E-state index is -0.338. The SMILES string of the molecule is C=CC(=O)Nc1ccc(-c2cccc(C(C)C(=O)Nc3ncc(C(C)C)s3)c2)cn1. The van der Waals surface area contributed by atoms with Crippen LogP contribution in [0.1, 0.15) is 43.0 Å². The Kier molecular flexibility index (Phi) is 6.74. The highest BCUT2D eigenvalue weighted by Crippen LogP contribution is 2.28. The van der Waals surface area contributed by atoms with E-state index in [0.717, 1.165) is 21.6 Å². The Bertz CT molecular complexity index is 1060. The molecule has 7 heteroatoms. The maximum atomic E-state index is 12.7. The monoisotopic (exact) mass is 420 g/mol. The van der Waals surface area contributed by atoms with Gasteiger partial charge in [0.15, 0.2) is 5.13 Å². The van der Waals surface area contributed by atoms with Crippen molar-refractivity contribution in [3.05, 3.63) is 71.9 Å². The molecule has 0 bridgehead atoms. The van der Waals surface area contributed by atoms with E-state index in [1.165, 1.54) is 17.4 Å². The fourth-order valence-electron chi connectivity index (χ4n) is 2.78. The molecule has 0 fully saturated rings. The van der Waals surface area contributed by atoms with Crippen LogP contribution in [-0.2, 0) is 9.59 Å². The van der Waals surface area contributed by atoms with E-state index in [4.69, 9.17) is 0 Å². The van der Waals surface area contributed by atoms with Crippen molar-refractivity contribution >= 4 is 34.1 Å². The Balaban J connectivity index is 1.72. The van der Waals surface area contributed by atoms with Crippen molar-refractivity contribution in [2.45, 2.75) is 32.6 Å². The number of hydrogen-bond donors (Lipinski definition) is 2. The lowest BCUT2D eigenvalue weighted by Crippen LogP contribution is -2.18. The summed E-state index contributed by atoms with van der Waals surface area (Å²) in [5, 5.41) is 6.15. The third-order valence-corrected chi connectivity index (χ3v) is 5.85. The summed E-state index contributed by atoms with van der Waals surface area (Å²) >= 11 is 1.50. The number of carbonyl (C=O) groups excluding carboxylic acids is 2. The van der Waals surface area contributed by atoms with E-state index in [1.54, 1.807) is 12.3 Å². The lowest BCUT2D eigenvalue weighted by molar-refractivity contribution is -0.117. The molecule has 1 atom stereocenters. The minimum absolute atomic E-state index is 0.0996. The van der Waals surface area contributed by atoms with Gasteiger partial charge in [0.25, 0.3) is 0 Å². The number of thiazole rings is 1. The number of hydrogen-bond acceptors (Lipinski definition) is 5. The maximum absolute atomic E-state index is 12.7. The van der Waals surface area contributed by atoms with Gasteiger partial charge in [0, 0.05) is 22.8 Å². The molecule has 0 saturated carbocycles. The van der Waals surface area contributed by atoms with Crippen LogP contribution < -0.4 is 10.6 Å². The van der Waals surface area contributed by atoms with Gasteiger partial charge in [0.2, 0.25) is 11.8 Å². The van der Waals surface area contributed by atoms with Crippen LogP contribution in [0.25, 0.3) is 11.1 Å². The second-order valence-electron chi connectivity index (χ2n) is 7.18. The van der Waals surface area contributed by atoms with Crippen molar-refractivity contribution < 1.29 is 9.59 Å². The summed E-state index contributed by atoms with van der Waals surface area (Å²) in [5.74, 6) is 0.0924. The number of anilines is 2. The Morgan fingerprint density at radius 2 is 1.83 bits per heavy atom. The first-order valence-electron chi connectivity index (χ1n) is 9.63. The zero-order chi connectivity index (χ0) is 21.7. The zero-order valence-corrected chi connectivity index (χ0v) is 18.0. The third-order valence-electron chi connectivity index (χ3n) is 4.64. The number of benzene rings is 1. The Morgan fingerprint density at radius 3 is 2.47 bits per heavy atom. The quantitative estimate of drug-likeness (QED) is 0.515. The van der Waals surface area contributed by atoms with Crippen LogP contribution in [0.15, 0.2) is 61.4 Å². The molecule has 2 heterocycles. The van der Waals surface area contributed by atoms with Gasteiger partial charge < -0.3 is 10.6 Å². The molecule has 0 saturated heterocycles. The van der Waals surface area contributed by atoms with E-state index in [2.05, 4.69) is 41.0 Å². The molecule has 0 radical (unpaired) electrons. The molecule has 2 aromatic heterocycles. The highest BCUT2D eigenvalue weighted by atomic mass is 32.1. The van der Waals surface area contributed by atoms with E-state index < -0.39 is 0 Å². The number of nitrogens with one attached hydrogen (secondary N) is 2. The van der Waals surface area contributed by atoms with Crippen molar-refractivity contribution in [3.63, 3.8) is 0 Å². The highest BCUT2D eigenvalue weighted by molar-refractivity contribution is 7.15. The zero-order valence-electron chi connectivity index (χ0n) is 17.2. The van der Waals surface area contributed by atoms with Crippen molar-refractivity contribution in [2.24, 2.45) is 0 Å². The molecular formula is C23H24N4O2S. The second kappa shape index (κ2) is 9.45. The van der Waals surface area contributed by atoms with Crippen molar-refractivity contribution in [2.75, 3.05) is 10.6 Å². The van der Waals surface area contributed by atoms with Gasteiger partial charge in [-0.25, -0.2) is 9.97 Å². The van der Waals surface area contributed by atoms with Gasteiger partial charge in [0.1, 0.15) is 5.82 Å². The van der Waals surface area contributed by atoms with Gasteiger partial charge in [0.05, 0.1) is 5.92 Å². The lowest BCUT2D eigenvalue weighted by atomic mass is 9.96. The van der Waals surface area contributed by atoms with Crippen LogP contribution in [0.2, 0.25) is 0 Å². The Morgan fingerprint density at radius 1 is 1.03 bits per heavy atom. The van der Waals surface area contributed by atoms with Gasteiger partial charge in [-0.3, -0.25) is 9.59 Å². The largest absolute Gasteiger partial charge is 0.307 e. The summed E-state index contributed by atoms with van der Waals surface area (Å²) in [6.07, 6.45) is 4.69. The first-order valence-corrected chi connectivity index (χ1v) is 10.5. The van der Waals surface area contributed by atoms with Crippen molar-refractivity contribution in [3.8, 4) is 11.1 Å². The van der Waals surface area contributed by atoms with Gasteiger partial charge in [-0.15, -0.1) is 11.3 Å². The molecule has 3 aromatic rings. The number of nitrogens with zero attached hydrogens (tertiary/aromatic N) is 2. The van der Waals surface area contributed by atoms with E-state index in [9.17, 15) is 9.59 Å². The van der Waals surface area contributed by atoms with Gasteiger partial charge in [-0.2, -0.15) is 0 Å². The van der Waals surface area contributed by atoms with Crippen LogP contribution in [-0.4, -0.2) is 21.8 Å². The molecule has 1 unspecified atom stereocenters. The summed E-state index contributed by atoms with van der Waals surface area (Å²) in [7, 11) is 0. The van der Waals surface area contributed by atoms with Crippen molar-refractivity contribution in [1.29, 1.82) is 0 Å². The molecule has 0 aliphatic carbocycles. The van der Waals surface area contributed by atoms with E-state index in [-0.39, 0.29) is 17.7 Å². The molecule has 0 aliphatic rings. The summed E-state index contributed by atoms with van der Waals surface area (Å²) in [6.45, 7) is 9.49. The number of pyridine rings is 1. The number of amides is 2. The lowest BCUT2D eigenvalue weighted by Gasteiger charge is -2.13. The third kappa shape index (κ3) is 5.18. The Labute approximate surface area is 180 Å². The molecule has 0 spiro atoms. The smallest absolute Gasteiger partial charge is 0.248 e. The summed E-state index contributed by atoms with van der Waals surface area (Å²) in [6, 6.07) is 11.4. The molecule has 2 N–H and O–H groups in total. The summed E-state index contributed by atoms with van der Waals surface area (Å²) in [5.41, 5.74) is 2.73. The first kappa shape index (κ1) is 21.4. The fraction of sp³-hybridized carbons (Fsp3) is 0.217. The number of carbonyl (C=O) groups is 2. The molecule has 2 amide bonds. The van der Waals surface area contributed by atoms with E-state index >= 15 is 0 Å². The standard InChI is InChI=1S/C23H24N4O2S/c1-5-21(28)26-20-10-9-18(12-24-20)17-8-6-7-16(11-17)15(4)22(29)27-23-25-13-19(30-23)14(2)3/h5-15H,1H2,2-4H3,(H,24,26,28)(H,25,27,29). The predicted octanol–water partition coefficient (Wildman–Crippen LogP) is 5.20. The Hall–Kier alpha value is -3.32. The van der Waals surface area contributed by atoms with Crippen LogP contribution in [0.3, 0.4) is 0 Å². The molecule has 0 aliphatic heterocycles. The average molecular weight is 421 g/mol. The molecule has 3 rings (SSSR count). The molecule has 1 aromatic carbocycles. The minimum Gasteiger partial charge on any atom is -0.307 e. The van der Waals surface area contributed by atoms with Gasteiger partial charge >= 0.3 is 0 Å². The van der Waals surface area contributed by atoms with E-state index in [0.29, 0.717) is 16.9 Å². The van der Waals surface area contributed by atoms with Gasteiger partial charge in [-0.1, -0.05) is 44.7 Å². The topological polar surface area (TPSA) is 84.0 Å². The van der Waals surface area contributed by atoms with Crippen LogP contribution >= 0.6 is 11.3 Å². The van der Waals surface area contributed by atoms with E-state index in [1.807, 2.05) is 43.5 Å². The predicted molar refractivity (Wildman–Crippen MR) is 122 cm³/mol. The van der Waals surface area contributed by atoms with Crippen LogP contribution in [0.5, 0.6) is 0 Å².